The van der Waals surface area contributed by atoms with Crippen LogP contribution < -0.4 is 0 Å². The van der Waals surface area contributed by atoms with E-state index < -0.39 is 0 Å². The van der Waals surface area contributed by atoms with Gasteiger partial charge in [-0.1, -0.05) is 98.8 Å². The molecule has 0 saturated heterocycles. The highest BCUT2D eigenvalue weighted by Gasteiger charge is 2.29. The maximum atomic E-state index is 12.7. The highest BCUT2D eigenvalue weighted by molar-refractivity contribution is 5.72. The summed E-state index contributed by atoms with van der Waals surface area (Å²) in [6.07, 6.45) is 18.6. The normalized spacial score (nSPS) is 22.2. The first-order valence-corrected chi connectivity index (χ1v) is 12.7. The van der Waals surface area contributed by atoms with E-state index in [-0.39, 0.29) is 18.0 Å². The van der Waals surface area contributed by atoms with E-state index in [0.717, 1.165) is 43.4 Å². The minimum Gasteiger partial charge on any atom is -0.462 e. The quantitative estimate of drug-likeness (QED) is 0.206. The van der Waals surface area contributed by atoms with Crippen LogP contribution in [-0.4, -0.2) is 12.1 Å². The molecular formula is C26H50O2. The van der Waals surface area contributed by atoms with E-state index >= 15 is 0 Å². The number of carbonyl (C=O) groups excluding carboxylic acids is 1. The van der Waals surface area contributed by atoms with Gasteiger partial charge in [0.2, 0.25) is 0 Å². The number of unbranched alkanes of at least 4 members (excludes halogenated alkanes) is 2. The van der Waals surface area contributed by atoms with E-state index in [2.05, 4.69) is 34.6 Å². The molecule has 166 valence electrons. The van der Waals surface area contributed by atoms with Crippen molar-refractivity contribution in [3.63, 3.8) is 0 Å². The van der Waals surface area contributed by atoms with E-state index in [1.807, 2.05) is 0 Å². The third kappa shape index (κ3) is 11.5. The molecule has 1 aliphatic rings. The summed E-state index contributed by atoms with van der Waals surface area (Å²) in [6, 6.07) is 0. The Balaban J connectivity index is 2.26. The van der Waals surface area contributed by atoms with Crippen LogP contribution in [0.4, 0.5) is 0 Å². The molecule has 0 heterocycles. The Morgan fingerprint density at radius 2 is 1.68 bits per heavy atom. The van der Waals surface area contributed by atoms with Crippen LogP contribution in [-0.2, 0) is 9.53 Å². The monoisotopic (exact) mass is 394 g/mol. The number of esters is 1. The standard InChI is InChI=1S/C26H50O2/c1-6-8-9-19-25(7-2)28-26(27)24-18-12-17-23(20-24)16-11-15-22(5)14-10-13-21(3)4/h21-25H,6-20H2,1-5H3. The summed E-state index contributed by atoms with van der Waals surface area (Å²) >= 11 is 0. The van der Waals surface area contributed by atoms with Crippen molar-refractivity contribution in [3.8, 4) is 0 Å². The number of hydrogen-bond donors (Lipinski definition) is 0. The predicted molar refractivity (Wildman–Crippen MR) is 121 cm³/mol. The fourth-order valence-electron chi connectivity index (χ4n) is 4.77. The van der Waals surface area contributed by atoms with Crippen molar-refractivity contribution in [2.24, 2.45) is 23.7 Å². The van der Waals surface area contributed by atoms with Gasteiger partial charge in [-0.3, -0.25) is 4.79 Å². The molecule has 0 aromatic rings. The first kappa shape index (κ1) is 25.5. The van der Waals surface area contributed by atoms with Gasteiger partial charge in [0.1, 0.15) is 6.10 Å². The van der Waals surface area contributed by atoms with Gasteiger partial charge in [-0.15, -0.1) is 0 Å². The molecule has 1 saturated carbocycles. The smallest absolute Gasteiger partial charge is 0.309 e. The second kappa shape index (κ2) is 15.3. The topological polar surface area (TPSA) is 26.3 Å². The summed E-state index contributed by atoms with van der Waals surface area (Å²) in [7, 11) is 0. The molecule has 4 unspecified atom stereocenters. The van der Waals surface area contributed by atoms with E-state index in [1.165, 1.54) is 70.6 Å². The molecule has 0 bridgehead atoms. The summed E-state index contributed by atoms with van der Waals surface area (Å²) in [4.78, 5) is 12.7. The Bertz CT molecular complexity index is 390. The third-order valence-electron chi connectivity index (χ3n) is 6.77. The molecule has 0 radical (unpaired) electrons. The summed E-state index contributed by atoms with van der Waals surface area (Å²) in [5, 5.41) is 0. The second-order valence-electron chi connectivity index (χ2n) is 10.1. The molecule has 1 fully saturated rings. The van der Waals surface area contributed by atoms with Crippen LogP contribution in [0, 0.1) is 23.7 Å². The average Bonchev–Trinajstić information content (AvgIpc) is 2.67. The number of hydrogen-bond acceptors (Lipinski definition) is 2. The summed E-state index contributed by atoms with van der Waals surface area (Å²) in [5.41, 5.74) is 0. The Labute approximate surface area is 176 Å². The first-order valence-electron chi connectivity index (χ1n) is 12.7. The van der Waals surface area contributed by atoms with Crippen molar-refractivity contribution >= 4 is 5.97 Å². The van der Waals surface area contributed by atoms with Gasteiger partial charge < -0.3 is 4.74 Å². The van der Waals surface area contributed by atoms with Crippen molar-refractivity contribution in [2.45, 2.75) is 137 Å². The van der Waals surface area contributed by atoms with Crippen molar-refractivity contribution in [1.29, 1.82) is 0 Å². The number of ether oxygens (including phenoxy) is 1. The fourth-order valence-corrected chi connectivity index (χ4v) is 4.77. The van der Waals surface area contributed by atoms with Crippen LogP contribution in [0.1, 0.15) is 131 Å². The third-order valence-corrected chi connectivity index (χ3v) is 6.77. The van der Waals surface area contributed by atoms with Crippen molar-refractivity contribution in [3.05, 3.63) is 0 Å². The van der Waals surface area contributed by atoms with Crippen LogP contribution in [0.5, 0.6) is 0 Å². The fraction of sp³-hybridized carbons (Fsp3) is 0.962. The molecule has 0 aromatic carbocycles. The minimum atomic E-state index is 0.107. The molecule has 1 aliphatic carbocycles. The molecule has 0 aromatic heterocycles. The highest BCUT2D eigenvalue weighted by Crippen LogP contribution is 2.34. The van der Waals surface area contributed by atoms with Crippen LogP contribution in [0.25, 0.3) is 0 Å². The lowest BCUT2D eigenvalue weighted by Gasteiger charge is -2.29. The number of rotatable bonds is 15. The van der Waals surface area contributed by atoms with Gasteiger partial charge in [0, 0.05) is 0 Å². The Hall–Kier alpha value is -0.530. The molecule has 0 N–H and O–H groups in total. The lowest BCUT2D eigenvalue weighted by Crippen LogP contribution is -2.28. The van der Waals surface area contributed by atoms with Gasteiger partial charge in [0.05, 0.1) is 5.92 Å². The van der Waals surface area contributed by atoms with Gasteiger partial charge >= 0.3 is 5.97 Å². The van der Waals surface area contributed by atoms with Crippen molar-refractivity contribution < 1.29 is 9.53 Å². The van der Waals surface area contributed by atoms with Gasteiger partial charge in [-0.25, -0.2) is 0 Å². The van der Waals surface area contributed by atoms with Crippen LogP contribution in [0.15, 0.2) is 0 Å². The Morgan fingerprint density at radius 1 is 0.929 bits per heavy atom. The van der Waals surface area contributed by atoms with E-state index in [9.17, 15) is 4.79 Å². The minimum absolute atomic E-state index is 0.107. The molecule has 1 rings (SSSR count). The predicted octanol–water partition coefficient (Wildman–Crippen LogP) is 8.33. The largest absolute Gasteiger partial charge is 0.462 e. The molecular weight excluding hydrogens is 344 g/mol. The summed E-state index contributed by atoms with van der Waals surface area (Å²) in [5.74, 6) is 2.72. The van der Waals surface area contributed by atoms with Gasteiger partial charge in [-0.2, -0.15) is 0 Å². The molecule has 28 heavy (non-hydrogen) atoms. The van der Waals surface area contributed by atoms with Gasteiger partial charge in [0.15, 0.2) is 0 Å². The lowest BCUT2D eigenvalue weighted by atomic mass is 9.78. The van der Waals surface area contributed by atoms with Gasteiger partial charge in [-0.05, 0) is 49.9 Å². The maximum Gasteiger partial charge on any atom is 0.309 e. The SMILES string of the molecule is CCCCCC(CC)OC(=O)C1CCCC(CCCC(C)CCCC(C)C)C1. The lowest BCUT2D eigenvalue weighted by molar-refractivity contribution is -0.156. The Morgan fingerprint density at radius 3 is 2.36 bits per heavy atom. The average molecular weight is 395 g/mol. The maximum absolute atomic E-state index is 12.7. The van der Waals surface area contributed by atoms with E-state index in [4.69, 9.17) is 4.74 Å². The first-order chi connectivity index (χ1) is 13.5. The van der Waals surface area contributed by atoms with Crippen molar-refractivity contribution in [1.82, 2.24) is 0 Å². The van der Waals surface area contributed by atoms with Gasteiger partial charge in [0.25, 0.3) is 0 Å². The molecule has 0 amide bonds. The molecule has 4 atom stereocenters. The molecule has 0 spiro atoms. The van der Waals surface area contributed by atoms with Crippen LogP contribution in [0.3, 0.4) is 0 Å². The zero-order valence-corrected chi connectivity index (χ0v) is 19.8. The van der Waals surface area contributed by atoms with E-state index in [1.54, 1.807) is 0 Å². The Kier molecular flexibility index (Phi) is 14.0. The zero-order valence-electron chi connectivity index (χ0n) is 19.8. The zero-order chi connectivity index (χ0) is 20.8. The molecule has 2 heteroatoms. The second-order valence-corrected chi connectivity index (χ2v) is 10.1. The highest BCUT2D eigenvalue weighted by atomic mass is 16.5. The van der Waals surface area contributed by atoms with Crippen LogP contribution in [0.2, 0.25) is 0 Å². The molecule has 2 nitrogen and oxygen atoms in total. The van der Waals surface area contributed by atoms with Crippen molar-refractivity contribution in [2.75, 3.05) is 0 Å². The van der Waals surface area contributed by atoms with E-state index in [0.29, 0.717) is 0 Å². The summed E-state index contributed by atoms with van der Waals surface area (Å²) < 4.78 is 5.90. The van der Waals surface area contributed by atoms with Crippen LogP contribution >= 0.6 is 0 Å². The number of carbonyl (C=O) groups is 1. The summed E-state index contributed by atoms with van der Waals surface area (Å²) in [6.45, 7) is 11.4. The molecule has 0 aliphatic heterocycles.